The fraction of sp³-hybridized carbons (Fsp3) is 0.314. The van der Waals surface area contributed by atoms with Crippen LogP contribution in [0.2, 0.25) is 5.02 Å². The number of nitrogens with zero attached hydrogens (tertiary/aromatic N) is 2. The number of carbonyl (C=O) groups is 2. The highest BCUT2D eigenvalue weighted by molar-refractivity contribution is 7.99. The van der Waals surface area contributed by atoms with Crippen LogP contribution in [0.1, 0.15) is 35.6 Å². The Morgan fingerprint density at radius 3 is 2.33 bits per heavy atom. The molecule has 1 fully saturated rings. The van der Waals surface area contributed by atoms with E-state index in [0.717, 1.165) is 40.7 Å². The summed E-state index contributed by atoms with van der Waals surface area (Å²) in [6, 6.07) is 26.3. The molecular weight excluding hydrogens is 622 g/mol. The van der Waals surface area contributed by atoms with Crippen molar-refractivity contribution in [3.8, 4) is 0 Å². The summed E-state index contributed by atoms with van der Waals surface area (Å²) in [5.74, 6) is 0.240. The van der Waals surface area contributed by atoms with Crippen molar-refractivity contribution < 1.29 is 19.1 Å². The van der Waals surface area contributed by atoms with Crippen molar-refractivity contribution in [2.45, 2.75) is 48.5 Å². The molecule has 3 unspecified atom stereocenters. The van der Waals surface area contributed by atoms with Gasteiger partial charge in [-0.15, -0.1) is 11.8 Å². The Kier molecular flexibility index (Phi) is 12.4. The van der Waals surface area contributed by atoms with Crippen LogP contribution in [0.5, 0.6) is 0 Å². The van der Waals surface area contributed by atoms with Crippen LogP contribution in [0.4, 0.5) is 10.5 Å². The van der Waals surface area contributed by atoms with E-state index in [9.17, 15) is 9.59 Å². The molecule has 0 saturated carbocycles. The number of morpholine rings is 1. The molecule has 1 aliphatic heterocycles. The van der Waals surface area contributed by atoms with Gasteiger partial charge in [-0.1, -0.05) is 72.3 Å². The molecule has 9 nitrogen and oxygen atoms in total. The van der Waals surface area contributed by atoms with Gasteiger partial charge >= 0.3 is 6.09 Å². The Bertz CT molecular complexity index is 1530. The maximum Gasteiger partial charge on any atom is 0.407 e. The predicted molar refractivity (Wildman–Crippen MR) is 181 cm³/mol. The summed E-state index contributed by atoms with van der Waals surface area (Å²) in [4.78, 5) is 35.1. The first-order valence-corrected chi connectivity index (χ1v) is 16.6. The number of halogens is 1. The first-order chi connectivity index (χ1) is 22.5. The largest absolute Gasteiger partial charge is 0.453 e. The van der Waals surface area contributed by atoms with E-state index in [0.29, 0.717) is 30.0 Å². The van der Waals surface area contributed by atoms with Gasteiger partial charge in [0.2, 0.25) is 5.91 Å². The van der Waals surface area contributed by atoms with Gasteiger partial charge in [-0.25, -0.2) is 9.78 Å². The molecule has 240 valence electrons. The quantitative estimate of drug-likeness (QED) is 0.148. The molecule has 2 aromatic carbocycles. The highest BCUT2D eigenvalue weighted by Gasteiger charge is 2.28. The van der Waals surface area contributed by atoms with E-state index in [-0.39, 0.29) is 24.0 Å². The zero-order valence-electron chi connectivity index (χ0n) is 25.6. The lowest BCUT2D eigenvalue weighted by Gasteiger charge is -2.31. The number of rotatable bonds is 13. The van der Waals surface area contributed by atoms with Gasteiger partial charge in [-0.3, -0.25) is 9.78 Å². The second-order valence-electron chi connectivity index (χ2n) is 11.0. The lowest BCUT2D eigenvalue weighted by Crippen LogP contribution is -2.46. The second-order valence-corrected chi connectivity index (χ2v) is 12.4. The molecule has 3 heterocycles. The summed E-state index contributed by atoms with van der Waals surface area (Å²) < 4.78 is 11.3. The van der Waals surface area contributed by atoms with Gasteiger partial charge in [-0.05, 0) is 54.7 Å². The number of methoxy groups -OCH3 is 1. The van der Waals surface area contributed by atoms with Crippen LogP contribution < -0.4 is 16.0 Å². The Balaban J connectivity index is 1.24. The van der Waals surface area contributed by atoms with E-state index in [1.54, 1.807) is 30.2 Å². The SMILES string of the molecule is COC(=O)NC(CC(c1ccccc1)c1ccccc1)C(=O)Nc1cccnc1CCC1CNCC(CSc2ncccc2Cl)O1. The standard InChI is InChI=1S/C35H38ClN5O4S/c1-44-35(43)41-32(20-28(24-10-4-2-5-11-24)25-12-6-3-7-13-25)33(42)40-31-15-9-18-38-30(31)17-16-26-21-37-22-27(45-26)23-46-34-29(36)14-8-19-39-34/h2-15,18-19,26-28,32,37H,16-17,20-23H2,1H3,(H,40,42)(H,41,43). The molecule has 5 rings (SSSR count). The monoisotopic (exact) mass is 659 g/mol. The molecular formula is C35H38ClN5O4S. The fourth-order valence-corrected chi connectivity index (χ4v) is 6.63. The smallest absolute Gasteiger partial charge is 0.407 e. The maximum atomic E-state index is 13.8. The number of aryl methyl sites for hydroxylation is 1. The summed E-state index contributed by atoms with van der Waals surface area (Å²) in [6.45, 7) is 1.48. The minimum atomic E-state index is -0.873. The van der Waals surface area contributed by atoms with E-state index in [2.05, 4.69) is 25.9 Å². The van der Waals surface area contributed by atoms with Gasteiger partial charge in [0.05, 0.1) is 35.7 Å². The van der Waals surface area contributed by atoms with E-state index >= 15 is 0 Å². The molecule has 4 aromatic rings. The lowest BCUT2D eigenvalue weighted by molar-refractivity contribution is -0.118. The van der Waals surface area contributed by atoms with E-state index in [4.69, 9.17) is 21.1 Å². The predicted octanol–water partition coefficient (Wildman–Crippen LogP) is 6.10. The average molecular weight is 660 g/mol. The minimum Gasteiger partial charge on any atom is -0.453 e. The number of ether oxygens (including phenoxy) is 2. The van der Waals surface area contributed by atoms with Crippen molar-refractivity contribution in [1.82, 2.24) is 20.6 Å². The van der Waals surface area contributed by atoms with Crippen molar-refractivity contribution in [2.75, 3.05) is 31.3 Å². The summed E-state index contributed by atoms with van der Waals surface area (Å²) in [5, 5.41) is 10.7. The number of carbonyl (C=O) groups excluding carboxylic acids is 2. The van der Waals surface area contributed by atoms with Gasteiger partial charge < -0.3 is 25.4 Å². The average Bonchev–Trinajstić information content (AvgIpc) is 3.10. The minimum absolute atomic E-state index is 0.0112. The molecule has 0 aliphatic carbocycles. The number of anilines is 1. The highest BCUT2D eigenvalue weighted by Crippen LogP contribution is 2.30. The fourth-order valence-electron chi connectivity index (χ4n) is 5.46. The number of thioether (sulfide) groups is 1. The van der Waals surface area contributed by atoms with Crippen LogP contribution >= 0.6 is 23.4 Å². The van der Waals surface area contributed by atoms with Crippen LogP contribution in [-0.4, -0.2) is 66.2 Å². The summed E-state index contributed by atoms with van der Waals surface area (Å²) in [5.41, 5.74) is 3.43. The number of hydrogen-bond acceptors (Lipinski definition) is 8. The van der Waals surface area contributed by atoms with E-state index in [1.165, 1.54) is 7.11 Å². The maximum absolute atomic E-state index is 13.8. The molecule has 1 aliphatic rings. The van der Waals surface area contributed by atoms with Gasteiger partial charge in [0.1, 0.15) is 11.1 Å². The first-order valence-electron chi connectivity index (χ1n) is 15.3. The van der Waals surface area contributed by atoms with Gasteiger partial charge in [0, 0.05) is 37.2 Å². The van der Waals surface area contributed by atoms with Gasteiger partial charge in [-0.2, -0.15) is 0 Å². The second kappa shape index (κ2) is 17.1. The molecule has 46 heavy (non-hydrogen) atoms. The number of benzene rings is 2. The number of aromatic nitrogens is 2. The molecule has 0 spiro atoms. The third kappa shape index (κ3) is 9.53. The Hall–Kier alpha value is -3.96. The van der Waals surface area contributed by atoms with Gasteiger partial charge in [0.25, 0.3) is 0 Å². The molecule has 0 radical (unpaired) electrons. The topological polar surface area (TPSA) is 114 Å². The summed E-state index contributed by atoms with van der Waals surface area (Å²) in [6.07, 6.45) is 4.41. The van der Waals surface area contributed by atoms with Gasteiger partial charge in [0.15, 0.2) is 0 Å². The van der Waals surface area contributed by atoms with Crippen LogP contribution in [-0.2, 0) is 20.7 Å². The zero-order chi connectivity index (χ0) is 32.1. The lowest BCUT2D eigenvalue weighted by atomic mass is 9.85. The number of nitrogens with one attached hydrogen (secondary N) is 3. The van der Waals surface area contributed by atoms with Crippen molar-refractivity contribution in [1.29, 1.82) is 0 Å². The van der Waals surface area contributed by atoms with Crippen molar-refractivity contribution in [2.24, 2.45) is 0 Å². The van der Waals surface area contributed by atoms with Crippen LogP contribution in [0, 0.1) is 0 Å². The molecule has 2 amide bonds. The Labute approximate surface area is 278 Å². The number of alkyl carbamates (subject to hydrolysis) is 1. The number of pyridine rings is 2. The molecule has 3 atom stereocenters. The van der Waals surface area contributed by atoms with Crippen LogP contribution in [0.25, 0.3) is 0 Å². The summed E-state index contributed by atoms with van der Waals surface area (Å²) >= 11 is 7.85. The molecule has 11 heteroatoms. The highest BCUT2D eigenvalue weighted by atomic mass is 35.5. The van der Waals surface area contributed by atoms with Crippen LogP contribution in [0.15, 0.2) is 102 Å². The number of hydrogen-bond donors (Lipinski definition) is 3. The van der Waals surface area contributed by atoms with E-state index in [1.807, 2.05) is 78.9 Å². The zero-order valence-corrected chi connectivity index (χ0v) is 27.2. The molecule has 3 N–H and O–H groups in total. The third-order valence-electron chi connectivity index (χ3n) is 7.78. The normalized spacial score (nSPS) is 16.8. The molecule has 2 aromatic heterocycles. The Morgan fingerprint density at radius 2 is 1.63 bits per heavy atom. The van der Waals surface area contributed by atoms with Crippen molar-refractivity contribution in [3.05, 3.63) is 119 Å². The number of amides is 2. The van der Waals surface area contributed by atoms with Crippen LogP contribution in [0.3, 0.4) is 0 Å². The summed E-state index contributed by atoms with van der Waals surface area (Å²) in [7, 11) is 1.29. The van der Waals surface area contributed by atoms with Crippen molar-refractivity contribution in [3.63, 3.8) is 0 Å². The molecule has 0 bridgehead atoms. The third-order valence-corrected chi connectivity index (χ3v) is 9.33. The Morgan fingerprint density at radius 1 is 0.957 bits per heavy atom. The first kappa shape index (κ1) is 33.4. The molecule has 1 saturated heterocycles. The van der Waals surface area contributed by atoms with Crippen molar-refractivity contribution >= 4 is 41.1 Å². The van der Waals surface area contributed by atoms with E-state index < -0.39 is 12.1 Å².